The van der Waals surface area contributed by atoms with Crippen molar-refractivity contribution in [2.24, 2.45) is 0 Å². The van der Waals surface area contributed by atoms with Gasteiger partial charge >= 0.3 is 0 Å². The molecule has 1 fully saturated rings. The molecule has 3 N–H and O–H groups in total. The summed E-state index contributed by atoms with van der Waals surface area (Å²) < 4.78 is 10.4. The smallest absolute Gasteiger partial charge is 0.226 e. The normalized spacial score (nSPS) is 15.2. The zero-order valence-corrected chi connectivity index (χ0v) is 10.4. The summed E-state index contributed by atoms with van der Waals surface area (Å²) in [6.07, 6.45) is 0.511. The molecule has 0 spiro atoms. The Bertz CT molecular complexity index is 430. The summed E-state index contributed by atoms with van der Waals surface area (Å²) in [7, 11) is 0. The lowest BCUT2D eigenvalue weighted by molar-refractivity contribution is -0.135. The van der Waals surface area contributed by atoms with Gasteiger partial charge in [0.15, 0.2) is 0 Å². The number of hydrogen-bond donors (Lipinski definition) is 2. The van der Waals surface area contributed by atoms with Gasteiger partial charge in [-0.15, -0.1) is 0 Å². The number of ether oxygens (including phenoxy) is 2. The van der Waals surface area contributed by atoms with E-state index in [9.17, 15) is 4.79 Å². The highest BCUT2D eigenvalue weighted by Crippen LogP contribution is 2.17. The van der Waals surface area contributed by atoms with Crippen LogP contribution in [0, 0.1) is 6.92 Å². The molecule has 1 aliphatic rings. The lowest BCUT2D eigenvalue weighted by Gasteiger charge is -2.25. The minimum absolute atomic E-state index is 0.0527. The zero-order valence-electron chi connectivity index (χ0n) is 10.4. The van der Waals surface area contributed by atoms with E-state index in [-0.39, 0.29) is 12.0 Å². The predicted molar refractivity (Wildman–Crippen MR) is 69.4 cm³/mol. The first-order valence-corrected chi connectivity index (χ1v) is 6.00. The fraction of sp³-hybridized carbons (Fsp3) is 0.462. The van der Waals surface area contributed by atoms with Crippen molar-refractivity contribution in [1.82, 2.24) is 0 Å². The molecule has 1 heterocycles. The van der Waals surface area contributed by atoms with E-state index >= 15 is 0 Å². The molecule has 0 saturated carbocycles. The van der Waals surface area contributed by atoms with Crippen LogP contribution in [-0.2, 0) is 14.3 Å². The monoisotopic (exact) mass is 250 g/mol. The molecule has 1 aromatic rings. The number of carbonyl (C=O) groups excluding carboxylic acids is 1. The van der Waals surface area contributed by atoms with Gasteiger partial charge in [0.05, 0.1) is 26.2 Å². The summed E-state index contributed by atoms with van der Waals surface area (Å²) in [5, 5.41) is 2.84. The molecule has 0 bridgehead atoms. The minimum atomic E-state index is -0.0527. The maximum absolute atomic E-state index is 11.7. The molecule has 0 atom stereocenters. The highest BCUT2D eigenvalue weighted by Gasteiger charge is 2.18. The molecule has 1 aromatic carbocycles. The first-order valence-electron chi connectivity index (χ1n) is 6.00. The van der Waals surface area contributed by atoms with E-state index in [1.165, 1.54) is 0 Å². The Hall–Kier alpha value is -1.59. The van der Waals surface area contributed by atoms with Gasteiger partial charge in [-0.2, -0.15) is 0 Å². The quantitative estimate of drug-likeness (QED) is 0.773. The van der Waals surface area contributed by atoms with Crippen molar-refractivity contribution in [3.63, 3.8) is 0 Å². The van der Waals surface area contributed by atoms with Crippen LogP contribution in [-0.4, -0.2) is 31.8 Å². The average Bonchev–Trinajstić information content (AvgIpc) is 2.26. The van der Waals surface area contributed by atoms with Crippen molar-refractivity contribution in [3.8, 4) is 0 Å². The molecule has 0 aliphatic carbocycles. The molecule has 1 saturated heterocycles. The molecule has 98 valence electrons. The molecule has 5 heteroatoms. The molecule has 18 heavy (non-hydrogen) atoms. The molecule has 0 aromatic heterocycles. The molecule has 1 amide bonds. The van der Waals surface area contributed by atoms with Gasteiger partial charge in [0.1, 0.15) is 6.10 Å². The molecular weight excluding hydrogens is 232 g/mol. The van der Waals surface area contributed by atoms with Gasteiger partial charge in [-0.25, -0.2) is 0 Å². The fourth-order valence-electron chi connectivity index (χ4n) is 1.67. The number of aryl methyl sites for hydroxylation is 1. The lowest BCUT2D eigenvalue weighted by atomic mass is 10.2. The van der Waals surface area contributed by atoms with Gasteiger partial charge in [-0.3, -0.25) is 4.79 Å². The molecule has 0 unspecified atom stereocenters. The Labute approximate surface area is 106 Å². The second kappa shape index (κ2) is 5.84. The van der Waals surface area contributed by atoms with Crippen molar-refractivity contribution in [1.29, 1.82) is 0 Å². The predicted octanol–water partition coefficient (Wildman–Crippen LogP) is 1.32. The third-order valence-electron chi connectivity index (χ3n) is 2.81. The molecular formula is C13H18N2O3. The SMILES string of the molecule is Cc1cc(N)ccc1NC(=O)CCOC1COC1. The van der Waals surface area contributed by atoms with Crippen LogP contribution in [0.25, 0.3) is 0 Å². The summed E-state index contributed by atoms with van der Waals surface area (Å²) in [5.74, 6) is -0.0527. The number of benzene rings is 1. The topological polar surface area (TPSA) is 73.6 Å². The van der Waals surface area contributed by atoms with E-state index in [0.717, 1.165) is 11.3 Å². The van der Waals surface area contributed by atoms with Crippen LogP contribution in [0.4, 0.5) is 11.4 Å². The summed E-state index contributed by atoms with van der Waals surface area (Å²) in [4.78, 5) is 11.7. The van der Waals surface area contributed by atoms with E-state index < -0.39 is 0 Å². The number of anilines is 2. The van der Waals surface area contributed by atoms with Gasteiger partial charge in [-0.05, 0) is 30.7 Å². The maximum atomic E-state index is 11.7. The van der Waals surface area contributed by atoms with Crippen LogP contribution >= 0.6 is 0 Å². The van der Waals surface area contributed by atoms with E-state index in [1.54, 1.807) is 6.07 Å². The third-order valence-corrected chi connectivity index (χ3v) is 2.81. The number of rotatable bonds is 5. The van der Waals surface area contributed by atoms with Crippen molar-refractivity contribution in [2.75, 3.05) is 30.9 Å². The maximum Gasteiger partial charge on any atom is 0.226 e. The summed E-state index contributed by atoms with van der Waals surface area (Å²) in [6, 6.07) is 5.41. The zero-order chi connectivity index (χ0) is 13.0. The van der Waals surface area contributed by atoms with Crippen molar-refractivity contribution in [3.05, 3.63) is 23.8 Å². The Morgan fingerprint density at radius 2 is 2.33 bits per heavy atom. The van der Waals surface area contributed by atoms with Gasteiger partial charge in [0, 0.05) is 11.4 Å². The number of nitrogens with two attached hydrogens (primary N) is 1. The van der Waals surface area contributed by atoms with Gasteiger partial charge in [0.2, 0.25) is 5.91 Å². The number of carbonyl (C=O) groups is 1. The Morgan fingerprint density at radius 1 is 1.56 bits per heavy atom. The highest BCUT2D eigenvalue weighted by atomic mass is 16.6. The Morgan fingerprint density at radius 3 is 2.94 bits per heavy atom. The standard InChI is InChI=1S/C13H18N2O3/c1-9-6-10(14)2-3-12(9)15-13(16)4-5-18-11-7-17-8-11/h2-3,6,11H,4-5,7-8,14H2,1H3,(H,15,16). The van der Waals surface area contributed by atoms with E-state index in [2.05, 4.69) is 5.32 Å². The molecule has 5 nitrogen and oxygen atoms in total. The van der Waals surface area contributed by atoms with Crippen LogP contribution in [0.5, 0.6) is 0 Å². The summed E-state index contributed by atoms with van der Waals surface area (Å²) >= 11 is 0. The van der Waals surface area contributed by atoms with Gasteiger partial charge in [0.25, 0.3) is 0 Å². The average molecular weight is 250 g/mol. The number of hydrogen-bond acceptors (Lipinski definition) is 4. The van der Waals surface area contributed by atoms with Crippen molar-refractivity contribution < 1.29 is 14.3 Å². The second-order valence-electron chi connectivity index (χ2n) is 4.40. The van der Waals surface area contributed by atoms with Gasteiger partial charge in [-0.1, -0.05) is 0 Å². The molecule has 1 aliphatic heterocycles. The third kappa shape index (κ3) is 3.45. The lowest BCUT2D eigenvalue weighted by Crippen LogP contribution is -2.36. The first-order chi connectivity index (χ1) is 8.65. The molecule has 2 rings (SSSR count). The summed E-state index contributed by atoms with van der Waals surface area (Å²) in [5.41, 5.74) is 8.09. The Kier molecular flexibility index (Phi) is 4.17. The van der Waals surface area contributed by atoms with Crippen LogP contribution < -0.4 is 11.1 Å². The van der Waals surface area contributed by atoms with E-state index in [4.69, 9.17) is 15.2 Å². The largest absolute Gasteiger partial charge is 0.399 e. The van der Waals surface area contributed by atoms with Gasteiger partial charge < -0.3 is 20.5 Å². The van der Waals surface area contributed by atoms with Crippen LogP contribution in [0.2, 0.25) is 0 Å². The first kappa shape index (κ1) is 12.9. The summed E-state index contributed by atoms with van der Waals surface area (Å²) in [6.45, 7) is 3.61. The molecule has 0 radical (unpaired) electrons. The fourth-order valence-corrected chi connectivity index (χ4v) is 1.67. The van der Waals surface area contributed by atoms with E-state index in [1.807, 2.05) is 19.1 Å². The van der Waals surface area contributed by atoms with Crippen molar-refractivity contribution >= 4 is 17.3 Å². The highest BCUT2D eigenvalue weighted by molar-refractivity contribution is 5.91. The second-order valence-corrected chi connectivity index (χ2v) is 4.40. The Balaban J connectivity index is 1.75. The number of nitrogens with one attached hydrogen (secondary N) is 1. The number of amides is 1. The number of nitrogen functional groups attached to an aromatic ring is 1. The van der Waals surface area contributed by atoms with Crippen LogP contribution in [0.3, 0.4) is 0 Å². The minimum Gasteiger partial charge on any atom is -0.399 e. The van der Waals surface area contributed by atoms with Crippen LogP contribution in [0.15, 0.2) is 18.2 Å². The van der Waals surface area contributed by atoms with Crippen molar-refractivity contribution in [2.45, 2.75) is 19.4 Å². The van der Waals surface area contributed by atoms with E-state index in [0.29, 0.717) is 31.9 Å². The van der Waals surface area contributed by atoms with Crippen LogP contribution in [0.1, 0.15) is 12.0 Å².